The van der Waals surface area contributed by atoms with Crippen LogP contribution in [0.2, 0.25) is 5.15 Å². The summed E-state index contributed by atoms with van der Waals surface area (Å²) in [7, 11) is 1.59. The summed E-state index contributed by atoms with van der Waals surface area (Å²) in [6.07, 6.45) is 3.34. The van der Waals surface area contributed by atoms with Gasteiger partial charge in [-0.15, -0.1) is 0 Å². The quantitative estimate of drug-likeness (QED) is 0.287. The van der Waals surface area contributed by atoms with E-state index in [1.165, 1.54) is 4.90 Å². The third-order valence-electron chi connectivity index (χ3n) is 7.24. The Morgan fingerprint density at radius 3 is 2.67 bits per heavy atom. The van der Waals surface area contributed by atoms with Gasteiger partial charge in [-0.1, -0.05) is 11.6 Å². The normalized spacial score (nSPS) is 16.6. The van der Waals surface area contributed by atoms with E-state index in [-0.39, 0.29) is 47.5 Å². The molecule has 0 aromatic carbocycles. The number of aromatic nitrogens is 4. The van der Waals surface area contributed by atoms with E-state index < -0.39 is 0 Å². The lowest BCUT2D eigenvalue weighted by molar-refractivity contribution is -0.113. The average Bonchev–Trinajstić information content (AvgIpc) is 3.49. The van der Waals surface area contributed by atoms with Crippen molar-refractivity contribution in [2.45, 2.75) is 20.4 Å². The first-order valence-electron chi connectivity index (χ1n) is 12.9. The lowest BCUT2D eigenvalue weighted by Gasteiger charge is -2.34. The van der Waals surface area contributed by atoms with Crippen molar-refractivity contribution in [2.75, 3.05) is 57.1 Å². The third-order valence-corrected chi connectivity index (χ3v) is 7.51. The van der Waals surface area contributed by atoms with Crippen LogP contribution in [0.25, 0.3) is 11.6 Å². The molecule has 2 amide bonds. The van der Waals surface area contributed by atoms with Crippen molar-refractivity contribution in [3.63, 3.8) is 0 Å². The Morgan fingerprint density at radius 1 is 1.23 bits per heavy atom. The van der Waals surface area contributed by atoms with E-state index in [0.717, 1.165) is 11.1 Å². The number of fused-ring (bicyclic) bond motifs is 1. The smallest absolute Gasteiger partial charge is 0.270 e. The number of aromatic amines is 1. The van der Waals surface area contributed by atoms with Gasteiger partial charge in [0.15, 0.2) is 5.82 Å². The van der Waals surface area contributed by atoms with Gasteiger partial charge in [-0.05, 0) is 32.1 Å². The highest BCUT2D eigenvalue weighted by Crippen LogP contribution is 2.41. The fourth-order valence-corrected chi connectivity index (χ4v) is 5.41. The summed E-state index contributed by atoms with van der Waals surface area (Å²) < 4.78 is 5.53. The number of nitrogen functional groups attached to an aromatic ring is 1. The fraction of sp³-hybridized carbons (Fsp3) is 0.370. The summed E-state index contributed by atoms with van der Waals surface area (Å²) >= 11 is 6.48. The molecule has 13 heteroatoms. The number of aliphatic hydroxyl groups excluding tert-OH is 1. The molecule has 12 nitrogen and oxygen atoms in total. The fourth-order valence-electron chi connectivity index (χ4n) is 5.14. The van der Waals surface area contributed by atoms with Gasteiger partial charge in [0.05, 0.1) is 37.1 Å². The number of anilines is 2. The summed E-state index contributed by atoms with van der Waals surface area (Å²) in [6.45, 7) is 7.15. The number of halogens is 1. The lowest BCUT2D eigenvalue weighted by Crippen LogP contribution is -2.49. The molecule has 40 heavy (non-hydrogen) atoms. The van der Waals surface area contributed by atoms with Gasteiger partial charge in [-0.25, -0.2) is 4.98 Å². The van der Waals surface area contributed by atoms with E-state index in [9.17, 15) is 9.59 Å². The van der Waals surface area contributed by atoms with Gasteiger partial charge < -0.3 is 25.5 Å². The van der Waals surface area contributed by atoms with Gasteiger partial charge in [0.1, 0.15) is 16.6 Å². The number of aliphatic hydroxyl groups is 1. The molecule has 2 aliphatic heterocycles. The first-order chi connectivity index (χ1) is 19.2. The number of amides is 2. The molecule has 0 radical (unpaired) electrons. The minimum Gasteiger partial charge on any atom is -0.496 e. The second-order valence-corrected chi connectivity index (χ2v) is 10.1. The number of hydrogen-bond donors (Lipinski definition) is 3. The summed E-state index contributed by atoms with van der Waals surface area (Å²) in [5.74, 6) is 0.460. The van der Waals surface area contributed by atoms with Crippen molar-refractivity contribution in [1.29, 1.82) is 0 Å². The molecule has 0 atom stereocenters. The standard InChI is InChI=1S/C27H31ClN8O4/c1-15-13-30-20(16(2)22(15)40-3)14-36-24-21(23(28)32-27(29)33-24)18(25(36)38)12-17-4-5-19(31-17)26(39)35-8-6-34(7-9-35)10-11-37/h4-5,12-13,31,37H,6-11,14H2,1-3H3,(H2,29,32,33)/b18-12-. The van der Waals surface area contributed by atoms with Crippen molar-refractivity contribution in [3.05, 3.63) is 57.3 Å². The van der Waals surface area contributed by atoms with E-state index in [1.807, 2.05) is 13.8 Å². The molecular weight excluding hydrogens is 536 g/mol. The zero-order chi connectivity index (χ0) is 28.6. The lowest BCUT2D eigenvalue weighted by atomic mass is 10.1. The zero-order valence-corrected chi connectivity index (χ0v) is 23.3. The second-order valence-electron chi connectivity index (χ2n) is 9.75. The molecule has 3 aromatic rings. The van der Waals surface area contributed by atoms with Gasteiger partial charge in [0.25, 0.3) is 11.8 Å². The predicted octanol–water partition coefficient (Wildman–Crippen LogP) is 1.90. The van der Waals surface area contributed by atoms with E-state index in [2.05, 4.69) is 24.8 Å². The summed E-state index contributed by atoms with van der Waals surface area (Å²) in [6, 6.07) is 3.43. The molecule has 0 bridgehead atoms. The van der Waals surface area contributed by atoms with Crippen LogP contribution >= 0.6 is 11.6 Å². The van der Waals surface area contributed by atoms with Crippen LogP contribution in [0.4, 0.5) is 11.8 Å². The Hall–Kier alpha value is -4.00. The van der Waals surface area contributed by atoms with Crippen LogP contribution in [0.5, 0.6) is 5.75 Å². The van der Waals surface area contributed by atoms with Crippen molar-refractivity contribution in [3.8, 4) is 5.75 Å². The maximum absolute atomic E-state index is 13.8. The number of aryl methyl sites for hydroxylation is 1. The van der Waals surface area contributed by atoms with Gasteiger partial charge in [0, 0.05) is 55.7 Å². The maximum atomic E-state index is 13.8. The first-order valence-corrected chi connectivity index (χ1v) is 13.3. The van der Waals surface area contributed by atoms with Crippen LogP contribution in [0, 0.1) is 13.8 Å². The van der Waals surface area contributed by atoms with Crippen LogP contribution in [0.15, 0.2) is 18.3 Å². The van der Waals surface area contributed by atoms with Gasteiger partial charge in [0.2, 0.25) is 5.95 Å². The number of rotatable bonds is 7. The number of piperazine rings is 1. The number of nitrogens with one attached hydrogen (secondary N) is 1. The van der Waals surface area contributed by atoms with Crippen LogP contribution in [0.3, 0.4) is 0 Å². The molecule has 3 aromatic heterocycles. The highest BCUT2D eigenvalue weighted by atomic mass is 35.5. The molecule has 0 aliphatic carbocycles. The molecule has 1 fully saturated rings. The molecule has 5 rings (SSSR count). The predicted molar refractivity (Wildman–Crippen MR) is 151 cm³/mol. The first kappa shape index (κ1) is 27.6. The molecule has 0 saturated carbocycles. The number of hydrogen-bond acceptors (Lipinski definition) is 9. The molecule has 4 N–H and O–H groups in total. The monoisotopic (exact) mass is 566 g/mol. The van der Waals surface area contributed by atoms with Crippen LogP contribution in [-0.4, -0.2) is 93.1 Å². The number of nitrogens with zero attached hydrogens (tertiary/aromatic N) is 6. The second kappa shape index (κ2) is 11.2. The van der Waals surface area contributed by atoms with Crippen LogP contribution in [0.1, 0.15) is 38.6 Å². The highest BCUT2D eigenvalue weighted by molar-refractivity contribution is 6.41. The van der Waals surface area contributed by atoms with E-state index >= 15 is 0 Å². The topological polar surface area (TPSA) is 154 Å². The van der Waals surface area contributed by atoms with Crippen molar-refractivity contribution >= 4 is 46.8 Å². The molecule has 1 saturated heterocycles. The van der Waals surface area contributed by atoms with Gasteiger partial charge >= 0.3 is 0 Å². The SMILES string of the molecule is COc1c(C)cnc(CN2C(=O)/C(=C\c3ccc(C(=O)N4CCN(CCO)CC4)[nH]3)c3c(Cl)nc(N)nc32)c1C. The molecule has 2 aliphatic rings. The molecular formula is C27H31ClN8O4. The number of nitrogens with two attached hydrogens (primary N) is 1. The van der Waals surface area contributed by atoms with E-state index in [4.69, 9.17) is 27.2 Å². The highest BCUT2D eigenvalue weighted by Gasteiger charge is 2.37. The summed E-state index contributed by atoms with van der Waals surface area (Å²) in [4.78, 5) is 48.3. The number of β-amino-alcohol motifs (C(OH)–C–C–N with tert-alkyl or cyclic N) is 1. The van der Waals surface area contributed by atoms with Crippen LogP contribution in [-0.2, 0) is 11.3 Å². The number of H-pyrrole nitrogens is 1. The minimum atomic E-state index is -0.347. The zero-order valence-electron chi connectivity index (χ0n) is 22.6. The largest absolute Gasteiger partial charge is 0.496 e. The van der Waals surface area contributed by atoms with Crippen LogP contribution < -0.4 is 15.4 Å². The Labute approximate surface area is 236 Å². The maximum Gasteiger partial charge on any atom is 0.270 e. The Balaban J connectivity index is 1.43. The Morgan fingerprint density at radius 2 is 1.98 bits per heavy atom. The van der Waals surface area contributed by atoms with Gasteiger partial charge in [-0.2, -0.15) is 4.98 Å². The van der Waals surface area contributed by atoms with Crippen molar-refractivity contribution < 1.29 is 19.4 Å². The number of carbonyl (C=O) groups is 2. The molecule has 210 valence electrons. The third kappa shape index (κ3) is 5.12. The summed E-state index contributed by atoms with van der Waals surface area (Å²) in [5.41, 5.74) is 9.84. The molecule has 5 heterocycles. The number of pyridine rings is 1. The number of ether oxygens (including phenoxy) is 1. The molecule has 0 unspecified atom stereocenters. The number of carbonyl (C=O) groups excluding carboxylic acids is 2. The number of methoxy groups -OCH3 is 1. The van der Waals surface area contributed by atoms with E-state index in [0.29, 0.717) is 61.1 Å². The van der Waals surface area contributed by atoms with Gasteiger partial charge in [-0.3, -0.25) is 24.4 Å². The summed E-state index contributed by atoms with van der Waals surface area (Å²) in [5, 5.41) is 9.20. The average molecular weight is 567 g/mol. The van der Waals surface area contributed by atoms with Crippen molar-refractivity contribution in [2.24, 2.45) is 0 Å². The Kier molecular flexibility index (Phi) is 7.74. The molecule has 0 spiro atoms. The minimum absolute atomic E-state index is 0.0548. The van der Waals surface area contributed by atoms with Crippen molar-refractivity contribution in [1.82, 2.24) is 29.7 Å². The Bertz CT molecular complexity index is 1500. The van der Waals surface area contributed by atoms with E-state index in [1.54, 1.807) is 36.4 Å².